The zero-order valence-electron chi connectivity index (χ0n) is 18.4. The quantitative estimate of drug-likeness (QED) is 0.496. The second-order valence-corrected chi connectivity index (χ2v) is 8.91. The Hall–Kier alpha value is -3.58. The lowest BCUT2D eigenvalue weighted by atomic mass is 10.1. The molecule has 0 atom stereocenters. The molecule has 0 aliphatic carbocycles. The predicted molar refractivity (Wildman–Crippen MR) is 133 cm³/mol. The van der Waals surface area contributed by atoms with Gasteiger partial charge in [-0.25, -0.2) is 4.90 Å². The van der Waals surface area contributed by atoms with Crippen LogP contribution in [0.3, 0.4) is 0 Å². The van der Waals surface area contributed by atoms with Gasteiger partial charge in [-0.05, 0) is 79.7 Å². The van der Waals surface area contributed by atoms with E-state index in [1.54, 1.807) is 24.3 Å². The fourth-order valence-corrected chi connectivity index (χ4v) is 5.03. The molecule has 33 heavy (non-hydrogen) atoms. The van der Waals surface area contributed by atoms with Gasteiger partial charge in [-0.1, -0.05) is 6.07 Å². The van der Waals surface area contributed by atoms with Crippen molar-refractivity contribution in [2.75, 3.05) is 34.8 Å². The van der Waals surface area contributed by atoms with Crippen molar-refractivity contribution in [3.8, 4) is 5.75 Å². The molecule has 168 valence electrons. The second kappa shape index (κ2) is 9.11. The van der Waals surface area contributed by atoms with Gasteiger partial charge in [-0.3, -0.25) is 9.59 Å². The summed E-state index contributed by atoms with van der Waals surface area (Å²) in [5.41, 5.74) is 3.16. The topological polar surface area (TPSA) is 61.9 Å². The van der Waals surface area contributed by atoms with Crippen LogP contribution in [0.2, 0.25) is 0 Å². The van der Waals surface area contributed by atoms with Gasteiger partial charge in [0.25, 0.3) is 11.8 Å². The Bertz CT molecular complexity index is 1180. The van der Waals surface area contributed by atoms with E-state index in [1.807, 2.05) is 36.6 Å². The lowest BCUT2D eigenvalue weighted by Crippen LogP contribution is -2.32. The highest BCUT2D eigenvalue weighted by atomic mass is 32.1. The maximum Gasteiger partial charge on any atom is 0.282 e. The van der Waals surface area contributed by atoms with Gasteiger partial charge in [0.05, 0.1) is 17.9 Å². The lowest BCUT2D eigenvalue weighted by Gasteiger charge is -2.18. The van der Waals surface area contributed by atoms with Gasteiger partial charge in [0.2, 0.25) is 0 Å². The number of ether oxygens (including phenoxy) is 1. The SMILES string of the molecule is CCOc1ccc(N2C(=O)C(Nc3ccc(N4CCCC4)cc3)=C(c3cccs3)C2=O)cc1. The van der Waals surface area contributed by atoms with E-state index >= 15 is 0 Å². The first-order valence-corrected chi connectivity index (χ1v) is 12.1. The summed E-state index contributed by atoms with van der Waals surface area (Å²) in [6.07, 6.45) is 2.43. The normalized spacial score (nSPS) is 16.2. The van der Waals surface area contributed by atoms with E-state index in [0.717, 1.165) is 23.7 Å². The number of hydrogen-bond acceptors (Lipinski definition) is 6. The van der Waals surface area contributed by atoms with Crippen LogP contribution in [0.15, 0.2) is 71.7 Å². The van der Waals surface area contributed by atoms with E-state index in [2.05, 4.69) is 22.3 Å². The van der Waals surface area contributed by atoms with Gasteiger partial charge in [-0.2, -0.15) is 0 Å². The van der Waals surface area contributed by atoms with Crippen LogP contribution in [-0.2, 0) is 9.59 Å². The Labute approximate surface area is 197 Å². The van der Waals surface area contributed by atoms with E-state index in [-0.39, 0.29) is 11.8 Å². The summed E-state index contributed by atoms with van der Waals surface area (Å²) in [5, 5.41) is 5.14. The van der Waals surface area contributed by atoms with E-state index in [4.69, 9.17) is 4.74 Å². The standard InChI is InChI=1S/C26H25N3O3S/c1-2-32-21-13-11-20(12-14-21)29-25(30)23(22-6-5-17-33-22)24(26(29)31)27-18-7-9-19(10-8-18)28-15-3-4-16-28/h5-14,17,27H,2-4,15-16H2,1H3. The van der Waals surface area contributed by atoms with Crippen molar-refractivity contribution < 1.29 is 14.3 Å². The van der Waals surface area contributed by atoms with Gasteiger partial charge >= 0.3 is 0 Å². The Morgan fingerprint density at radius 2 is 1.61 bits per heavy atom. The van der Waals surface area contributed by atoms with Gasteiger partial charge in [0, 0.05) is 29.3 Å². The van der Waals surface area contributed by atoms with E-state index in [1.165, 1.54) is 34.8 Å². The molecule has 7 heteroatoms. The summed E-state index contributed by atoms with van der Waals surface area (Å²) in [4.78, 5) is 31.2. The third kappa shape index (κ3) is 4.12. The number of hydrogen-bond donors (Lipinski definition) is 1. The van der Waals surface area contributed by atoms with Crippen LogP contribution in [0.1, 0.15) is 24.6 Å². The highest BCUT2D eigenvalue weighted by Crippen LogP contribution is 2.36. The fourth-order valence-electron chi connectivity index (χ4n) is 4.26. The second-order valence-electron chi connectivity index (χ2n) is 7.97. The maximum atomic E-state index is 13.5. The zero-order valence-corrected chi connectivity index (χ0v) is 19.2. The molecule has 0 saturated carbocycles. The van der Waals surface area contributed by atoms with Crippen LogP contribution in [0, 0.1) is 0 Å². The molecule has 1 N–H and O–H groups in total. The zero-order chi connectivity index (χ0) is 22.8. The van der Waals surface area contributed by atoms with Crippen LogP contribution in [0.4, 0.5) is 17.1 Å². The van der Waals surface area contributed by atoms with Crippen molar-refractivity contribution in [1.29, 1.82) is 0 Å². The molecule has 0 spiro atoms. The predicted octanol–water partition coefficient (Wildman–Crippen LogP) is 5.14. The number of nitrogens with one attached hydrogen (secondary N) is 1. The number of thiophene rings is 1. The number of anilines is 3. The molecule has 1 aromatic heterocycles. The molecule has 2 aliphatic rings. The van der Waals surface area contributed by atoms with Crippen molar-refractivity contribution in [3.05, 3.63) is 76.6 Å². The average Bonchev–Trinajstić information content (AvgIpc) is 3.58. The molecule has 0 bridgehead atoms. The number of carbonyl (C=O) groups excluding carboxylic acids is 2. The third-order valence-electron chi connectivity index (χ3n) is 5.87. The van der Waals surface area contributed by atoms with Crippen LogP contribution in [0.25, 0.3) is 5.57 Å². The van der Waals surface area contributed by atoms with Crippen LogP contribution >= 0.6 is 11.3 Å². The molecule has 3 heterocycles. The van der Waals surface area contributed by atoms with Crippen molar-refractivity contribution in [2.45, 2.75) is 19.8 Å². The highest BCUT2D eigenvalue weighted by Gasteiger charge is 2.40. The van der Waals surface area contributed by atoms with Crippen LogP contribution in [0.5, 0.6) is 5.75 Å². The first kappa shape index (κ1) is 21.3. The molecule has 5 rings (SSSR count). The van der Waals surface area contributed by atoms with Crippen LogP contribution < -0.4 is 19.9 Å². The lowest BCUT2D eigenvalue weighted by molar-refractivity contribution is -0.120. The van der Waals surface area contributed by atoms with Crippen LogP contribution in [-0.4, -0.2) is 31.5 Å². The summed E-state index contributed by atoms with van der Waals surface area (Å²) in [7, 11) is 0. The maximum absolute atomic E-state index is 13.5. The van der Waals surface area contributed by atoms with Gasteiger partial charge in [0.15, 0.2) is 0 Å². The molecule has 2 aliphatic heterocycles. The van der Waals surface area contributed by atoms with E-state index in [9.17, 15) is 9.59 Å². The molecule has 2 amide bonds. The fraction of sp³-hybridized carbons (Fsp3) is 0.231. The summed E-state index contributed by atoms with van der Waals surface area (Å²) < 4.78 is 5.49. The smallest absolute Gasteiger partial charge is 0.282 e. The number of carbonyl (C=O) groups is 2. The molecule has 6 nitrogen and oxygen atoms in total. The molecule has 2 aromatic carbocycles. The average molecular weight is 460 g/mol. The Morgan fingerprint density at radius 1 is 0.909 bits per heavy atom. The number of benzene rings is 2. The summed E-state index contributed by atoms with van der Waals surface area (Å²) in [6, 6.07) is 18.8. The largest absolute Gasteiger partial charge is 0.494 e. The first-order valence-electron chi connectivity index (χ1n) is 11.2. The van der Waals surface area contributed by atoms with Crippen molar-refractivity contribution in [1.82, 2.24) is 0 Å². The first-order chi connectivity index (χ1) is 16.2. The van der Waals surface area contributed by atoms with Gasteiger partial charge in [0.1, 0.15) is 11.4 Å². The Balaban J connectivity index is 1.45. The number of amides is 2. The summed E-state index contributed by atoms with van der Waals surface area (Å²) in [5.74, 6) is 0.00204. The van der Waals surface area contributed by atoms with Crippen molar-refractivity contribution >= 4 is 45.8 Å². The molecule has 3 aromatic rings. The number of rotatable bonds is 7. The van der Waals surface area contributed by atoms with Crippen molar-refractivity contribution in [3.63, 3.8) is 0 Å². The minimum absolute atomic E-state index is 0.297. The molecule has 0 unspecified atom stereocenters. The third-order valence-corrected chi connectivity index (χ3v) is 6.75. The van der Waals surface area contributed by atoms with Crippen molar-refractivity contribution in [2.24, 2.45) is 0 Å². The minimum atomic E-state index is -0.365. The van der Waals surface area contributed by atoms with E-state index in [0.29, 0.717) is 29.3 Å². The Kier molecular flexibility index (Phi) is 5.88. The summed E-state index contributed by atoms with van der Waals surface area (Å²) in [6.45, 7) is 4.61. The minimum Gasteiger partial charge on any atom is -0.494 e. The molecule has 1 fully saturated rings. The molecule has 1 saturated heterocycles. The molecular weight excluding hydrogens is 434 g/mol. The summed E-state index contributed by atoms with van der Waals surface area (Å²) >= 11 is 1.44. The van der Waals surface area contributed by atoms with E-state index < -0.39 is 0 Å². The molecule has 0 radical (unpaired) electrons. The monoisotopic (exact) mass is 459 g/mol. The molecular formula is C26H25N3O3S. The number of nitrogens with zero attached hydrogens (tertiary/aromatic N) is 2. The van der Waals surface area contributed by atoms with Gasteiger partial charge < -0.3 is 15.0 Å². The Morgan fingerprint density at radius 3 is 2.24 bits per heavy atom. The van der Waals surface area contributed by atoms with Gasteiger partial charge in [-0.15, -0.1) is 11.3 Å². The highest BCUT2D eigenvalue weighted by molar-refractivity contribution is 7.11. The number of imide groups is 1.